The molecule has 2 aromatic carbocycles. The number of hydrogen-bond acceptors (Lipinski definition) is 4. The molecule has 0 spiro atoms. The number of hydrogen-bond donors (Lipinski definition) is 1. The van der Waals surface area contributed by atoms with Crippen molar-refractivity contribution in [2.45, 2.75) is 6.54 Å². The monoisotopic (exact) mass is 373 g/mol. The fourth-order valence-electron chi connectivity index (χ4n) is 2.69. The van der Waals surface area contributed by atoms with E-state index in [2.05, 4.69) is 0 Å². The van der Waals surface area contributed by atoms with Crippen molar-refractivity contribution in [3.8, 4) is 11.5 Å². The van der Waals surface area contributed by atoms with Crippen molar-refractivity contribution in [3.05, 3.63) is 64.7 Å². The topological polar surface area (TPSA) is 59.0 Å². The van der Waals surface area contributed by atoms with Gasteiger partial charge < -0.3 is 19.5 Å². The lowest BCUT2D eigenvalue weighted by Gasteiger charge is -2.21. The summed E-state index contributed by atoms with van der Waals surface area (Å²) in [5, 5.41) is 9.70. The number of fused-ring (bicyclic) bond motifs is 1. The van der Waals surface area contributed by atoms with Crippen molar-refractivity contribution >= 4 is 23.6 Å². The summed E-state index contributed by atoms with van der Waals surface area (Å²) in [6.07, 6.45) is 3.15. The second-order valence-corrected chi connectivity index (χ2v) is 6.24. The van der Waals surface area contributed by atoms with Crippen LogP contribution in [0.2, 0.25) is 5.02 Å². The van der Waals surface area contributed by atoms with Crippen molar-refractivity contribution in [2.24, 2.45) is 0 Å². The summed E-state index contributed by atoms with van der Waals surface area (Å²) in [5.41, 5.74) is 1.75. The minimum atomic E-state index is -0.186. The number of nitrogens with zero attached hydrogens (tertiary/aromatic N) is 1. The summed E-state index contributed by atoms with van der Waals surface area (Å²) in [6, 6.07) is 13.2. The maximum absolute atomic E-state index is 12.5. The second kappa shape index (κ2) is 8.74. The number of benzene rings is 2. The zero-order chi connectivity index (χ0) is 18.4. The van der Waals surface area contributed by atoms with Crippen LogP contribution in [0.1, 0.15) is 11.1 Å². The van der Waals surface area contributed by atoms with E-state index < -0.39 is 0 Å². The minimum Gasteiger partial charge on any atom is -0.486 e. The van der Waals surface area contributed by atoms with Gasteiger partial charge in [-0.2, -0.15) is 0 Å². The average molecular weight is 374 g/mol. The van der Waals surface area contributed by atoms with Crippen molar-refractivity contribution in [3.63, 3.8) is 0 Å². The second-order valence-electron chi connectivity index (χ2n) is 5.83. The first kappa shape index (κ1) is 18.3. The summed E-state index contributed by atoms with van der Waals surface area (Å²) >= 11 is 6.21. The molecule has 0 fully saturated rings. The molecule has 136 valence electrons. The van der Waals surface area contributed by atoms with Gasteiger partial charge in [0.25, 0.3) is 0 Å². The number of aliphatic hydroxyl groups is 1. The number of amides is 1. The van der Waals surface area contributed by atoms with Gasteiger partial charge in [-0.3, -0.25) is 4.79 Å². The predicted octanol–water partition coefficient (Wildman–Crippen LogP) is 3.15. The Morgan fingerprint density at radius 1 is 1.19 bits per heavy atom. The molecule has 0 saturated carbocycles. The van der Waals surface area contributed by atoms with E-state index in [1.807, 2.05) is 30.3 Å². The van der Waals surface area contributed by atoms with Crippen LogP contribution in [0.5, 0.6) is 11.5 Å². The predicted molar refractivity (Wildman–Crippen MR) is 100 cm³/mol. The Morgan fingerprint density at radius 3 is 2.73 bits per heavy atom. The summed E-state index contributed by atoms with van der Waals surface area (Å²) in [5.74, 6) is 0.925. The number of halogens is 1. The van der Waals surface area contributed by atoms with Crippen LogP contribution in [-0.2, 0) is 11.3 Å². The number of aliphatic hydroxyl groups excluding tert-OH is 1. The minimum absolute atomic E-state index is 0.0950. The molecule has 0 aliphatic carbocycles. The molecule has 0 radical (unpaired) electrons. The molecule has 1 heterocycles. The Morgan fingerprint density at radius 2 is 1.96 bits per heavy atom. The lowest BCUT2D eigenvalue weighted by atomic mass is 10.1. The Hall–Kier alpha value is -2.50. The molecule has 0 unspecified atom stereocenters. The molecule has 0 bridgehead atoms. The van der Waals surface area contributed by atoms with Gasteiger partial charge in [0.2, 0.25) is 5.91 Å². The van der Waals surface area contributed by atoms with Crippen molar-refractivity contribution < 1.29 is 19.4 Å². The zero-order valence-corrected chi connectivity index (χ0v) is 15.0. The van der Waals surface area contributed by atoms with Gasteiger partial charge in [-0.1, -0.05) is 41.9 Å². The molecule has 26 heavy (non-hydrogen) atoms. The normalized spacial score (nSPS) is 13.0. The van der Waals surface area contributed by atoms with E-state index in [4.69, 9.17) is 21.1 Å². The molecule has 1 N–H and O–H groups in total. The molecule has 1 aliphatic heterocycles. The number of carbonyl (C=O) groups excluding carboxylic acids is 1. The smallest absolute Gasteiger partial charge is 0.246 e. The van der Waals surface area contributed by atoms with Crippen LogP contribution in [-0.4, -0.2) is 42.3 Å². The van der Waals surface area contributed by atoms with Gasteiger partial charge in [-0.05, 0) is 29.3 Å². The standard InChI is InChI=1S/C20H20ClNO4/c21-17-12-16(13-18-20(17)26-11-10-25-18)6-7-19(24)22(8-9-23)14-15-4-2-1-3-5-15/h1-7,12-13,23H,8-11,14H2/b7-6+. The Labute approximate surface area is 157 Å². The molecule has 5 nitrogen and oxygen atoms in total. The quantitative estimate of drug-likeness (QED) is 0.790. The molecular weight excluding hydrogens is 354 g/mol. The van der Waals surface area contributed by atoms with Crippen LogP contribution < -0.4 is 9.47 Å². The fraction of sp³-hybridized carbons (Fsp3) is 0.250. The SMILES string of the molecule is O=C(/C=C/c1cc(Cl)c2c(c1)OCCO2)N(CCO)Cc1ccccc1. The van der Waals surface area contributed by atoms with Gasteiger partial charge in [0, 0.05) is 19.2 Å². The zero-order valence-electron chi connectivity index (χ0n) is 14.2. The van der Waals surface area contributed by atoms with Gasteiger partial charge >= 0.3 is 0 Å². The van der Waals surface area contributed by atoms with E-state index in [-0.39, 0.29) is 19.1 Å². The number of rotatable bonds is 6. The largest absolute Gasteiger partial charge is 0.486 e. The van der Waals surface area contributed by atoms with Gasteiger partial charge in [0.15, 0.2) is 11.5 Å². The van der Waals surface area contributed by atoms with Crippen LogP contribution in [0.3, 0.4) is 0 Å². The number of ether oxygens (including phenoxy) is 2. The Kier molecular flexibility index (Phi) is 6.15. The first-order chi connectivity index (χ1) is 12.7. The summed E-state index contributed by atoms with van der Waals surface area (Å²) in [4.78, 5) is 14.1. The highest BCUT2D eigenvalue weighted by molar-refractivity contribution is 6.32. The van der Waals surface area contributed by atoms with E-state index in [1.54, 1.807) is 23.1 Å². The first-order valence-electron chi connectivity index (χ1n) is 8.38. The third-order valence-electron chi connectivity index (χ3n) is 3.94. The number of carbonyl (C=O) groups is 1. The van der Waals surface area contributed by atoms with Crippen molar-refractivity contribution in [1.82, 2.24) is 4.90 Å². The molecule has 0 aromatic heterocycles. The van der Waals surface area contributed by atoms with E-state index in [1.165, 1.54) is 6.08 Å². The Bertz CT molecular complexity index is 792. The highest BCUT2D eigenvalue weighted by atomic mass is 35.5. The average Bonchev–Trinajstić information content (AvgIpc) is 2.67. The van der Waals surface area contributed by atoms with Crippen LogP contribution in [0.25, 0.3) is 6.08 Å². The molecule has 2 aromatic rings. The van der Waals surface area contributed by atoms with E-state index in [0.29, 0.717) is 36.3 Å². The Balaban J connectivity index is 1.73. The molecular formula is C20H20ClNO4. The molecule has 0 saturated heterocycles. The molecule has 6 heteroatoms. The van der Waals surface area contributed by atoms with Gasteiger partial charge in [0.05, 0.1) is 11.6 Å². The van der Waals surface area contributed by atoms with Crippen LogP contribution in [0.15, 0.2) is 48.5 Å². The van der Waals surface area contributed by atoms with Gasteiger partial charge in [-0.25, -0.2) is 0 Å². The summed E-state index contributed by atoms with van der Waals surface area (Å²) in [7, 11) is 0. The fourth-order valence-corrected chi connectivity index (χ4v) is 2.97. The lowest BCUT2D eigenvalue weighted by Crippen LogP contribution is -2.31. The maximum Gasteiger partial charge on any atom is 0.246 e. The lowest BCUT2D eigenvalue weighted by molar-refractivity contribution is -0.127. The van der Waals surface area contributed by atoms with Crippen LogP contribution >= 0.6 is 11.6 Å². The third kappa shape index (κ3) is 4.56. The van der Waals surface area contributed by atoms with E-state index in [0.717, 1.165) is 11.1 Å². The summed E-state index contributed by atoms with van der Waals surface area (Å²) in [6.45, 7) is 1.54. The first-order valence-corrected chi connectivity index (χ1v) is 8.76. The van der Waals surface area contributed by atoms with Crippen LogP contribution in [0.4, 0.5) is 0 Å². The highest BCUT2D eigenvalue weighted by Gasteiger charge is 2.16. The molecule has 1 amide bonds. The van der Waals surface area contributed by atoms with Crippen molar-refractivity contribution in [2.75, 3.05) is 26.4 Å². The van der Waals surface area contributed by atoms with E-state index >= 15 is 0 Å². The summed E-state index contributed by atoms with van der Waals surface area (Å²) < 4.78 is 11.0. The van der Waals surface area contributed by atoms with Gasteiger partial charge in [0.1, 0.15) is 13.2 Å². The van der Waals surface area contributed by atoms with Crippen molar-refractivity contribution in [1.29, 1.82) is 0 Å². The van der Waals surface area contributed by atoms with E-state index in [9.17, 15) is 9.90 Å². The molecule has 1 aliphatic rings. The molecule has 0 atom stereocenters. The maximum atomic E-state index is 12.5. The van der Waals surface area contributed by atoms with Gasteiger partial charge in [-0.15, -0.1) is 0 Å². The van der Waals surface area contributed by atoms with Crippen LogP contribution in [0, 0.1) is 0 Å². The third-order valence-corrected chi connectivity index (χ3v) is 4.22. The molecule has 3 rings (SSSR count). The highest BCUT2D eigenvalue weighted by Crippen LogP contribution is 2.38.